The Kier molecular flexibility index (Phi) is 4.83. The first-order valence-electron chi connectivity index (χ1n) is 6.40. The number of pyridine rings is 1. The molecule has 20 heavy (non-hydrogen) atoms. The molecule has 1 fully saturated rings. The van der Waals surface area contributed by atoms with Crippen LogP contribution in [0.3, 0.4) is 0 Å². The third kappa shape index (κ3) is 3.41. The van der Waals surface area contributed by atoms with Crippen molar-refractivity contribution in [3.8, 4) is 0 Å². The molecule has 0 saturated heterocycles. The highest BCUT2D eigenvalue weighted by atomic mass is 35.5. The van der Waals surface area contributed by atoms with E-state index >= 15 is 0 Å². The van der Waals surface area contributed by atoms with E-state index < -0.39 is 11.8 Å². The second kappa shape index (κ2) is 6.41. The van der Waals surface area contributed by atoms with Crippen LogP contribution < -0.4 is 5.73 Å². The molecule has 2 N–H and O–H groups in total. The Morgan fingerprint density at radius 1 is 1.30 bits per heavy atom. The molecule has 7 heteroatoms. The summed E-state index contributed by atoms with van der Waals surface area (Å²) in [6.07, 6.45) is 3.78. The van der Waals surface area contributed by atoms with Crippen LogP contribution in [0.15, 0.2) is 12.1 Å². The van der Waals surface area contributed by atoms with Gasteiger partial charge in [0.1, 0.15) is 10.8 Å². The van der Waals surface area contributed by atoms with Crippen LogP contribution in [0.5, 0.6) is 0 Å². The van der Waals surface area contributed by atoms with Crippen molar-refractivity contribution in [2.75, 3.05) is 6.54 Å². The highest BCUT2D eigenvalue weighted by Gasteiger charge is 2.30. The van der Waals surface area contributed by atoms with Crippen LogP contribution in [0.2, 0.25) is 10.2 Å². The van der Waals surface area contributed by atoms with Crippen molar-refractivity contribution in [1.29, 1.82) is 0 Å². The molecule has 0 spiro atoms. The van der Waals surface area contributed by atoms with Gasteiger partial charge in [0.25, 0.3) is 5.91 Å². The molecule has 108 valence electrons. The van der Waals surface area contributed by atoms with Gasteiger partial charge in [-0.25, -0.2) is 4.98 Å². The second-order valence-electron chi connectivity index (χ2n) is 4.80. The van der Waals surface area contributed by atoms with E-state index in [0.29, 0.717) is 0 Å². The fourth-order valence-corrected chi connectivity index (χ4v) is 2.79. The number of halogens is 2. The minimum atomic E-state index is -0.552. The Balaban J connectivity index is 2.29. The van der Waals surface area contributed by atoms with Crippen molar-refractivity contribution in [2.45, 2.75) is 31.7 Å². The number of amides is 2. The summed E-state index contributed by atoms with van der Waals surface area (Å²) < 4.78 is 0. The van der Waals surface area contributed by atoms with Crippen molar-refractivity contribution in [1.82, 2.24) is 9.88 Å². The Bertz CT molecular complexity index is 530. The lowest BCUT2D eigenvalue weighted by atomic mass is 10.2. The van der Waals surface area contributed by atoms with Gasteiger partial charge in [0.05, 0.1) is 11.6 Å². The molecule has 1 heterocycles. The third-order valence-corrected chi connectivity index (χ3v) is 3.88. The topological polar surface area (TPSA) is 76.3 Å². The maximum absolute atomic E-state index is 12.6. The molecule has 1 aromatic heterocycles. The van der Waals surface area contributed by atoms with E-state index in [-0.39, 0.29) is 28.5 Å². The molecule has 0 unspecified atom stereocenters. The van der Waals surface area contributed by atoms with Crippen LogP contribution in [-0.4, -0.2) is 34.3 Å². The van der Waals surface area contributed by atoms with Gasteiger partial charge in [0, 0.05) is 6.04 Å². The predicted octanol–water partition coefficient (Wildman–Crippen LogP) is 2.26. The van der Waals surface area contributed by atoms with Crippen LogP contribution in [-0.2, 0) is 4.79 Å². The highest BCUT2D eigenvalue weighted by molar-refractivity contribution is 6.34. The molecule has 1 saturated carbocycles. The number of nitrogens with zero attached hydrogens (tertiary/aromatic N) is 2. The minimum Gasteiger partial charge on any atom is -0.368 e. The zero-order chi connectivity index (χ0) is 14.7. The summed E-state index contributed by atoms with van der Waals surface area (Å²) in [5.74, 6) is -0.952. The summed E-state index contributed by atoms with van der Waals surface area (Å²) in [5, 5.41) is 0.398. The van der Waals surface area contributed by atoms with Crippen LogP contribution in [0, 0.1) is 0 Å². The van der Waals surface area contributed by atoms with Gasteiger partial charge >= 0.3 is 0 Å². The molecule has 1 aliphatic rings. The summed E-state index contributed by atoms with van der Waals surface area (Å²) in [7, 11) is 0. The first kappa shape index (κ1) is 15.1. The fraction of sp³-hybridized carbons (Fsp3) is 0.462. The summed E-state index contributed by atoms with van der Waals surface area (Å²) in [6.45, 7) is -0.131. The third-order valence-electron chi connectivity index (χ3n) is 3.37. The summed E-state index contributed by atoms with van der Waals surface area (Å²) >= 11 is 11.8. The smallest absolute Gasteiger partial charge is 0.274 e. The number of carbonyl (C=O) groups excluding carboxylic acids is 2. The van der Waals surface area contributed by atoms with Gasteiger partial charge in [0.15, 0.2) is 0 Å². The van der Waals surface area contributed by atoms with Gasteiger partial charge in [-0.05, 0) is 25.0 Å². The molecular weight excluding hydrogens is 301 g/mol. The maximum atomic E-state index is 12.6. The second-order valence-corrected chi connectivity index (χ2v) is 5.60. The zero-order valence-electron chi connectivity index (χ0n) is 10.8. The maximum Gasteiger partial charge on any atom is 0.274 e. The number of rotatable bonds is 4. The van der Waals surface area contributed by atoms with Crippen molar-refractivity contribution in [3.05, 3.63) is 28.0 Å². The summed E-state index contributed by atoms with van der Waals surface area (Å²) in [6, 6.07) is 3.03. The molecule has 2 amide bonds. The lowest BCUT2D eigenvalue weighted by molar-refractivity contribution is -0.119. The largest absolute Gasteiger partial charge is 0.368 e. The Hall–Kier alpha value is -1.33. The number of aromatic nitrogens is 1. The Morgan fingerprint density at radius 2 is 1.95 bits per heavy atom. The van der Waals surface area contributed by atoms with Gasteiger partial charge < -0.3 is 10.6 Å². The molecule has 1 aliphatic carbocycles. The standard InChI is InChI=1S/C13H15Cl2N3O2/c14-9-5-6-10(15)17-12(9)13(20)18(7-11(16)19)8-3-1-2-4-8/h5-6,8H,1-4,7H2,(H2,16,19). The number of carbonyl (C=O) groups is 2. The van der Waals surface area contributed by atoms with Gasteiger partial charge in [-0.15, -0.1) is 0 Å². The molecule has 5 nitrogen and oxygen atoms in total. The molecule has 2 rings (SSSR count). The lowest BCUT2D eigenvalue weighted by Crippen LogP contribution is -2.44. The van der Waals surface area contributed by atoms with Crippen molar-refractivity contribution < 1.29 is 9.59 Å². The predicted molar refractivity (Wildman–Crippen MR) is 76.7 cm³/mol. The average Bonchev–Trinajstić information content (AvgIpc) is 2.91. The lowest BCUT2D eigenvalue weighted by Gasteiger charge is -2.27. The highest BCUT2D eigenvalue weighted by Crippen LogP contribution is 2.26. The van der Waals surface area contributed by atoms with Gasteiger partial charge in [-0.1, -0.05) is 36.0 Å². The molecule has 0 bridgehead atoms. The molecule has 0 radical (unpaired) electrons. The Morgan fingerprint density at radius 3 is 2.55 bits per heavy atom. The minimum absolute atomic E-state index is 0.00634. The number of hydrogen-bond donors (Lipinski definition) is 1. The monoisotopic (exact) mass is 315 g/mol. The van der Waals surface area contributed by atoms with Crippen molar-refractivity contribution in [3.63, 3.8) is 0 Å². The SMILES string of the molecule is NC(=O)CN(C(=O)c1nc(Cl)ccc1Cl)C1CCCC1. The van der Waals surface area contributed by atoms with Crippen LogP contribution in [0.4, 0.5) is 0 Å². The molecular formula is C13H15Cl2N3O2. The molecule has 0 aromatic carbocycles. The Labute approximate surface area is 127 Å². The van der Waals surface area contributed by atoms with E-state index in [4.69, 9.17) is 28.9 Å². The van der Waals surface area contributed by atoms with Gasteiger partial charge in [0.2, 0.25) is 5.91 Å². The molecule has 0 aliphatic heterocycles. The zero-order valence-corrected chi connectivity index (χ0v) is 12.3. The van der Waals surface area contributed by atoms with E-state index in [9.17, 15) is 9.59 Å². The van der Waals surface area contributed by atoms with Crippen molar-refractivity contribution in [2.24, 2.45) is 5.73 Å². The molecule has 0 atom stereocenters. The van der Waals surface area contributed by atoms with Gasteiger partial charge in [-0.2, -0.15) is 0 Å². The number of hydrogen-bond acceptors (Lipinski definition) is 3. The van der Waals surface area contributed by atoms with Crippen LogP contribution in [0.25, 0.3) is 0 Å². The average molecular weight is 316 g/mol. The fourth-order valence-electron chi connectivity index (χ4n) is 2.45. The number of nitrogens with two attached hydrogens (primary N) is 1. The van der Waals surface area contributed by atoms with Crippen LogP contribution in [0.1, 0.15) is 36.2 Å². The van der Waals surface area contributed by atoms with Gasteiger partial charge in [-0.3, -0.25) is 9.59 Å². The first-order chi connectivity index (χ1) is 9.49. The first-order valence-corrected chi connectivity index (χ1v) is 7.16. The van der Waals surface area contributed by atoms with E-state index in [1.54, 1.807) is 0 Å². The summed E-state index contributed by atoms with van der Waals surface area (Å²) in [5.41, 5.74) is 5.29. The quantitative estimate of drug-likeness (QED) is 0.866. The van der Waals surface area contributed by atoms with Crippen molar-refractivity contribution >= 4 is 35.0 Å². The molecule has 1 aromatic rings. The van der Waals surface area contributed by atoms with E-state index in [1.807, 2.05) is 0 Å². The normalized spacial score (nSPS) is 15.3. The van der Waals surface area contributed by atoms with E-state index in [1.165, 1.54) is 17.0 Å². The van der Waals surface area contributed by atoms with E-state index in [0.717, 1.165) is 25.7 Å². The summed E-state index contributed by atoms with van der Waals surface area (Å²) in [4.78, 5) is 29.2. The van der Waals surface area contributed by atoms with E-state index in [2.05, 4.69) is 4.98 Å². The number of primary amides is 1. The van der Waals surface area contributed by atoms with Crippen LogP contribution >= 0.6 is 23.2 Å².